The van der Waals surface area contributed by atoms with Crippen molar-refractivity contribution in [1.82, 2.24) is 9.55 Å². The lowest BCUT2D eigenvalue weighted by Crippen LogP contribution is -2.06. The highest BCUT2D eigenvalue weighted by Crippen LogP contribution is 2.36. The van der Waals surface area contributed by atoms with E-state index in [1.54, 1.807) is 0 Å². The molecule has 0 saturated carbocycles. The van der Waals surface area contributed by atoms with Crippen LogP contribution in [0.25, 0.3) is 28.1 Å². The van der Waals surface area contributed by atoms with Crippen LogP contribution in [0.4, 0.5) is 0 Å². The minimum Gasteiger partial charge on any atom is -0.305 e. The van der Waals surface area contributed by atoms with Gasteiger partial charge in [-0.2, -0.15) is 0 Å². The van der Waals surface area contributed by atoms with E-state index in [2.05, 4.69) is 105 Å². The number of nitrogens with zero attached hydrogens (tertiary/aromatic N) is 2. The Labute approximate surface area is 173 Å². The monoisotopic (exact) mass is 380 g/mol. The molecule has 0 aliphatic heterocycles. The molecule has 0 saturated heterocycles. The van der Waals surface area contributed by atoms with Crippen LogP contribution in [0.15, 0.2) is 85.3 Å². The summed E-state index contributed by atoms with van der Waals surface area (Å²) in [6.45, 7) is 9.08. The smallest absolute Gasteiger partial charge is 0.0999 e. The number of imidazole rings is 1. The second-order valence-corrected chi connectivity index (χ2v) is 8.21. The lowest BCUT2D eigenvalue weighted by molar-refractivity contribution is 0.805. The van der Waals surface area contributed by atoms with E-state index in [9.17, 15) is 0 Å². The first-order chi connectivity index (χ1) is 14.0. The second kappa shape index (κ2) is 8.08. The Morgan fingerprint density at radius 3 is 1.69 bits per heavy atom. The average molecular weight is 381 g/mol. The number of benzene rings is 3. The fraction of sp³-hybridized carbons (Fsp3) is 0.222. The number of hydrogen-bond donors (Lipinski definition) is 0. The lowest BCUT2D eigenvalue weighted by Gasteiger charge is -2.22. The van der Waals surface area contributed by atoms with Gasteiger partial charge in [-0.3, -0.25) is 0 Å². The van der Waals surface area contributed by atoms with Crippen molar-refractivity contribution < 1.29 is 0 Å². The molecule has 0 bridgehead atoms. The zero-order valence-corrected chi connectivity index (χ0v) is 17.6. The van der Waals surface area contributed by atoms with Crippen LogP contribution in [-0.2, 0) is 0 Å². The highest BCUT2D eigenvalue weighted by atomic mass is 15.0. The molecular weight excluding hydrogens is 352 g/mol. The van der Waals surface area contributed by atoms with Crippen LogP contribution in [0.1, 0.15) is 50.7 Å². The molecule has 2 heteroatoms. The normalized spacial score (nSPS) is 11.4. The van der Waals surface area contributed by atoms with Crippen molar-refractivity contribution in [2.24, 2.45) is 0 Å². The van der Waals surface area contributed by atoms with Crippen LogP contribution < -0.4 is 0 Å². The minimum atomic E-state index is 0.411. The molecule has 1 heterocycles. The molecular formula is C27H28N2. The molecule has 0 N–H and O–H groups in total. The van der Waals surface area contributed by atoms with Gasteiger partial charge in [-0.25, -0.2) is 4.98 Å². The molecule has 0 unspecified atom stereocenters. The Morgan fingerprint density at radius 1 is 0.655 bits per heavy atom. The minimum absolute atomic E-state index is 0.411. The van der Waals surface area contributed by atoms with E-state index in [1.165, 1.54) is 27.9 Å². The molecule has 2 nitrogen and oxygen atoms in total. The summed E-state index contributed by atoms with van der Waals surface area (Å²) in [5, 5.41) is 0. The number of aromatic nitrogens is 2. The van der Waals surface area contributed by atoms with Gasteiger partial charge in [0.15, 0.2) is 0 Å². The summed E-state index contributed by atoms with van der Waals surface area (Å²) in [5.74, 6) is 0.822. The molecule has 4 aromatic rings. The van der Waals surface area contributed by atoms with Gasteiger partial charge < -0.3 is 4.57 Å². The molecule has 1 aromatic heterocycles. The first-order valence-electron chi connectivity index (χ1n) is 10.4. The Bertz CT molecular complexity index is 1060. The molecule has 0 aliphatic carbocycles. The van der Waals surface area contributed by atoms with Gasteiger partial charge in [0, 0.05) is 11.8 Å². The Balaban J connectivity index is 1.90. The van der Waals surface area contributed by atoms with Crippen molar-refractivity contribution in [3.63, 3.8) is 0 Å². The third kappa shape index (κ3) is 3.88. The van der Waals surface area contributed by atoms with E-state index >= 15 is 0 Å². The predicted molar refractivity (Wildman–Crippen MR) is 123 cm³/mol. The van der Waals surface area contributed by atoms with Crippen LogP contribution in [0.5, 0.6) is 0 Å². The molecule has 3 aromatic carbocycles. The van der Waals surface area contributed by atoms with Gasteiger partial charge in [0.2, 0.25) is 0 Å². The van der Waals surface area contributed by atoms with Gasteiger partial charge in [0.05, 0.1) is 17.7 Å². The summed E-state index contributed by atoms with van der Waals surface area (Å²) in [4.78, 5) is 4.71. The quantitative estimate of drug-likeness (QED) is 0.351. The first kappa shape index (κ1) is 19.2. The Hall–Kier alpha value is -3.13. The molecule has 146 valence electrons. The summed E-state index contributed by atoms with van der Waals surface area (Å²) in [5.41, 5.74) is 8.67. The maximum Gasteiger partial charge on any atom is 0.0999 e. The standard InChI is InChI=1S/C27H28N2/c1-19(2)24-15-23(21-11-7-5-8-12-21)16-25(20(3)4)27(24)29-17-26(28-18-29)22-13-9-6-10-14-22/h5-20H,1-4H3. The highest BCUT2D eigenvalue weighted by molar-refractivity contribution is 5.70. The fourth-order valence-corrected chi connectivity index (χ4v) is 3.86. The van der Waals surface area contributed by atoms with E-state index in [1.807, 2.05) is 12.4 Å². The van der Waals surface area contributed by atoms with Crippen LogP contribution in [0.2, 0.25) is 0 Å². The molecule has 0 radical (unpaired) electrons. The molecule has 0 amide bonds. The number of hydrogen-bond acceptors (Lipinski definition) is 1. The lowest BCUT2D eigenvalue weighted by atomic mass is 9.88. The van der Waals surface area contributed by atoms with Crippen molar-refractivity contribution in [2.75, 3.05) is 0 Å². The molecule has 29 heavy (non-hydrogen) atoms. The first-order valence-corrected chi connectivity index (χ1v) is 10.4. The second-order valence-electron chi connectivity index (χ2n) is 8.21. The predicted octanol–water partition coefficient (Wildman–Crippen LogP) is 7.45. The molecule has 4 rings (SSSR count). The van der Waals surface area contributed by atoms with Crippen molar-refractivity contribution in [2.45, 2.75) is 39.5 Å². The van der Waals surface area contributed by atoms with E-state index in [-0.39, 0.29) is 0 Å². The summed E-state index contributed by atoms with van der Waals surface area (Å²) < 4.78 is 2.21. The van der Waals surface area contributed by atoms with Crippen molar-refractivity contribution in [3.05, 3.63) is 96.4 Å². The summed E-state index contributed by atoms with van der Waals surface area (Å²) in [7, 11) is 0. The van der Waals surface area contributed by atoms with Gasteiger partial charge in [-0.1, -0.05) is 88.4 Å². The number of rotatable bonds is 5. The third-order valence-corrected chi connectivity index (χ3v) is 5.43. The van der Waals surface area contributed by atoms with Crippen LogP contribution in [0.3, 0.4) is 0 Å². The van der Waals surface area contributed by atoms with Gasteiger partial charge in [0.25, 0.3) is 0 Å². The van der Waals surface area contributed by atoms with Gasteiger partial charge >= 0.3 is 0 Å². The van der Waals surface area contributed by atoms with Crippen molar-refractivity contribution >= 4 is 0 Å². The van der Waals surface area contributed by atoms with Gasteiger partial charge in [-0.05, 0) is 46.2 Å². The Kier molecular flexibility index (Phi) is 5.35. The highest BCUT2D eigenvalue weighted by Gasteiger charge is 2.18. The molecule has 0 atom stereocenters. The third-order valence-electron chi connectivity index (χ3n) is 5.43. The maximum absolute atomic E-state index is 4.71. The van der Waals surface area contributed by atoms with E-state index in [4.69, 9.17) is 4.98 Å². The fourth-order valence-electron chi connectivity index (χ4n) is 3.86. The summed E-state index contributed by atoms with van der Waals surface area (Å²) >= 11 is 0. The topological polar surface area (TPSA) is 17.8 Å². The zero-order chi connectivity index (χ0) is 20.4. The molecule has 0 aliphatic rings. The Morgan fingerprint density at radius 2 is 1.17 bits per heavy atom. The maximum atomic E-state index is 4.71. The molecule has 0 fully saturated rings. The SMILES string of the molecule is CC(C)c1cc(-c2ccccc2)cc(C(C)C)c1-n1cnc(-c2ccccc2)c1. The van der Waals surface area contributed by atoms with Crippen LogP contribution >= 0.6 is 0 Å². The van der Waals surface area contributed by atoms with Gasteiger partial charge in [0.1, 0.15) is 0 Å². The average Bonchev–Trinajstić information content (AvgIpc) is 3.24. The summed E-state index contributed by atoms with van der Waals surface area (Å²) in [6.07, 6.45) is 4.11. The summed E-state index contributed by atoms with van der Waals surface area (Å²) in [6, 6.07) is 25.7. The zero-order valence-electron chi connectivity index (χ0n) is 17.6. The van der Waals surface area contributed by atoms with E-state index in [0.29, 0.717) is 11.8 Å². The van der Waals surface area contributed by atoms with E-state index < -0.39 is 0 Å². The van der Waals surface area contributed by atoms with Crippen LogP contribution in [0, 0.1) is 0 Å². The van der Waals surface area contributed by atoms with Crippen molar-refractivity contribution in [3.8, 4) is 28.1 Å². The molecule has 0 spiro atoms. The van der Waals surface area contributed by atoms with Gasteiger partial charge in [-0.15, -0.1) is 0 Å². The largest absolute Gasteiger partial charge is 0.305 e. The van der Waals surface area contributed by atoms with E-state index in [0.717, 1.165) is 11.3 Å². The van der Waals surface area contributed by atoms with Crippen molar-refractivity contribution in [1.29, 1.82) is 0 Å². The van der Waals surface area contributed by atoms with Crippen LogP contribution in [-0.4, -0.2) is 9.55 Å².